The monoisotopic (exact) mass is 511 g/mol. The van der Waals surface area contributed by atoms with Crippen molar-refractivity contribution in [3.05, 3.63) is 80.3 Å². The first kappa shape index (κ1) is 23.3. The van der Waals surface area contributed by atoms with E-state index < -0.39 is 0 Å². The minimum absolute atomic E-state index is 0.194. The van der Waals surface area contributed by atoms with Crippen LogP contribution < -0.4 is 20.6 Å². The molecule has 35 heavy (non-hydrogen) atoms. The third-order valence-electron chi connectivity index (χ3n) is 6.09. The third kappa shape index (κ3) is 4.02. The predicted octanol–water partition coefficient (Wildman–Crippen LogP) is 4.35. The van der Waals surface area contributed by atoms with Crippen LogP contribution in [0.3, 0.4) is 0 Å². The van der Waals surface area contributed by atoms with Gasteiger partial charge >= 0.3 is 5.69 Å². The fraction of sp³-hybridized carbons (Fsp3) is 0.240. The van der Waals surface area contributed by atoms with Crippen LogP contribution in [0.5, 0.6) is 5.75 Å². The Balaban J connectivity index is 1.63. The predicted molar refractivity (Wildman–Crippen MR) is 137 cm³/mol. The molecule has 0 saturated carbocycles. The van der Waals surface area contributed by atoms with Crippen molar-refractivity contribution in [1.29, 1.82) is 0 Å². The Morgan fingerprint density at radius 2 is 1.89 bits per heavy atom. The topological polar surface area (TPSA) is 81.4 Å². The maximum atomic E-state index is 13.5. The fourth-order valence-electron chi connectivity index (χ4n) is 4.54. The Hall–Kier alpha value is -3.49. The number of aryl methyl sites for hydroxylation is 1. The number of amides is 1. The quantitative estimate of drug-likeness (QED) is 0.440. The number of carbonyl (C=O) groups excluding carboxylic acids is 1. The smallest absolute Gasteiger partial charge is 0.334 e. The number of imidazole rings is 1. The number of hydrogen-bond donors (Lipinski definition) is 1. The molecular weight excluding hydrogens is 489 g/mol. The van der Waals surface area contributed by atoms with Gasteiger partial charge in [0.25, 0.3) is 5.91 Å². The lowest BCUT2D eigenvalue weighted by Gasteiger charge is -2.27. The molecule has 1 N–H and O–H groups in total. The van der Waals surface area contributed by atoms with Crippen LogP contribution in [0.25, 0.3) is 16.9 Å². The summed E-state index contributed by atoms with van der Waals surface area (Å²) in [6.45, 7) is 0.513. The Bertz CT molecular complexity index is 1510. The van der Waals surface area contributed by atoms with Crippen molar-refractivity contribution in [3.63, 3.8) is 0 Å². The van der Waals surface area contributed by atoms with E-state index >= 15 is 0 Å². The van der Waals surface area contributed by atoms with Gasteiger partial charge in [0.2, 0.25) is 0 Å². The van der Waals surface area contributed by atoms with E-state index in [0.29, 0.717) is 51.2 Å². The highest BCUT2D eigenvalue weighted by atomic mass is 35.5. The molecule has 1 aliphatic rings. The Kier molecular flexibility index (Phi) is 5.94. The van der Waals surface area contributed by atoms with Crippen LogP contribution in [0.15, 0.2) is 53.5 Å². The first-order valence-electron chi connectivity index (χ1n) is 11.0. The number of nitrogens with one attached hydrogen (secondary N) is 1. The highest BCUT2D eigenvalue weighted by molar-refractivity contribution is 6.34. The SMILES string of the molecule is CN(C)c1c(C(=O)N[C@H]2CCOc3ccccc32)cnc2c1n(C)c(=O)n2-c1cc(Cl)cc(Cl)c1. The highest BCUT2D eigenvalue weighted by Crippen LogP contribution is 2.34. The normalized spacial score (nSPS) is 14.9. The summed E-state index contributed by atoms with van der Waals surface area (Å²) in [5.74, 6) is 0.487. The van der Waals surface area contributed by atoms with Gasteiger partial charge in [0.15, 0.2) is 5.65 Å². The number of carbonyl (C=O) groups is 1. The average Bonchev–Trinajstić information content (AvgIpc) is 3.08. The van der Waals surface area contributed by atoms with Crippen LogP contribution in [0.1, 0.15) is 28.4 Å². The number of para-hydroxylation sites is 1. The molecule has 8 nitrogen and oxygen atoms in total. The van der Waals surface area contributed by atoms with E-state index in [1.54, 1.807) is 25.2 Å². The number of rotatable bonds is 4. The number of nitrogens with zero attached hydrogens (tertiary/aromatic N) is 4. The molecule has 0 radical (unpaired) electrons. The average molecular weight is 512 g/mol. The first-order chi connectivity index (χ1) is 16.8. The summed E-state index contributed by atoms with van der Waals surface area (Å²) < 4.78 is 8.64. The van der Waals surface area contributed by atoms with Crippen molar-refractivity contribution < 1.29 is 9.53 Å². The minimum Gasteiger partial charge on any atom is -0.493 e. The van der Waals surface area contributed by atoms with Crippen molar-refractivity contribution in [2.75, 3.05) is 25.6 Å². The van der Waals surface area contributed by atoms with Crippen LogP contribution in [0.2, 0.25) is 10.0 Å². The largest absolute Gasteiger partial charge is 0.493 e. The van der Waals surface area contributed by atoms with Gasteiger partial charge in [0, 0.05) is 49.4 Å². The number of anilines is 1. The molecular formula is C25H23Cl2N5O3. The maximum Gasteiger partial charge on any atom is 0.334 e. The Morgan fingerprint density at radius 3 is 2.60 bits per heavy atom. The lowest BCUT2D eigenvalue weighted by Crippen LogP contribution is -2.33. The molecule has 0 spiro atoms. The lowest BCUT2D eigenvalue weighted by molar-refractivity contribution is 0.0925. The number of pyridine rings is 1. The van der Waals surface area contributed by atoms with Crippen LogP contribution in [0.4, 0.5) is 5.69 Å². The standard InChI is InChI=1S/C25H23Cl2N5O3/c1-30(2)21-18(24(33)29-19-8-9-35-20-7-5-4-6-17(19)20)13-28-23-22(21)31(3)25(34)32(23)16-11-14(26)10-15(27)12-16/h4-7,10-13,19H,8-9H2,1-3H3,(H,29,33)/t19-/m0/s1. The maximum absolute atomic E-state index is 13.5. The van der Waals surface area contributed by atoms with E-state index in [2.05, 4.69) is 10.3 Å². The van der Waals surface area contributed by atoms with Gasteiger partial charge in [-0.25, -0.2) is 14.3 Å². The molecule has 10 heteroatoms. The van der Waals surface area contributed by atoms with Crippen molar-refractivity contribution in [1.82, 2.24) is 19.4 Å². The molecule has 0 bridgehead atoms. The summed E-state index contributed by atoms with van der Waals surface area (Å²) >= 11 is 12.4. The molecule has 4 aromatic rings. The second-order valence-electron chi connectivity index (χ2n) is 8.59. The van der Waals surface area contributed by atoms with Gasteiger partial charge in [0.1, 0.15) is 11.3 Å². The van der Waals surface area contributed by atoms with Crippen molar-refractivity contribution in [2.24, 2.45) is 7.05 Å². The molecule has 0 fully saturated rings. The molecule has 0 unspecified atom stereocenters. The van der Waals surface area contributed by atoms with E-state index in [0.717, 1.165) is 11.3 Å². The van der Waals surface area contributed by atoms with Gasteiger partial charge in [-0.15, -0.1) is 0 Å². The molecule has 1 aliphatic heterocycles. The summed E-state index contributed by atoms with van der Waals surface area (Å²) in [4.78, 5) is 33.1. The summed E-state index contributed by atoms with van der Waals surface area (Å²) in [7, 11) is 5.30. The van der Waals surface area contributed by atoms with Gasteiger partial charge in [-0.3, -0.25) is 9.36 Å². The minimum atomic E-state index is -0.329. The molecule has 5 rings (SSSR count). The second kappa shape index (κ2) is 8.94. The number of aromatic nitrogens is 3. The summed E-state index contributed by atoms with van der Waals surface area (Å²) in [6.07, 6.45) is 2.15. The molecule has 180 valence electrons. The lowest BCUT2D eigenvalue weighted by atomic mass is 10.00. The van der Waals surface area contributed by atoms with Crippen LogP contribution in [0, 0.1) is 0 Å². The molecule has 2 aromatic carbocycles. The molecule has 1 atom stereocenters. The fourth-order valence-corrected chi connectivity index (χ4v) is 5.05. The van der Waals surface area contributed by atoms with Gasteiger partial charge in [-0.2, -0.15) is 0 Å². The number of halogens is 2. The molecule has 0 aliphatic carbocycles. The zero-order valence-corrected chi connectivity index (χ0v) is 20.9. The summed E-state index contributed by atoms with van der Waals surface area (Å²) in [5.41, 5.74) is 2.96. The Morgan fingerprint density at radius 1 is 1.17 bits per heavy atom. The first-order valence-corrected chi connectivity index (χ1v) is 11.8. The summed E-state index contributed by atoms with van der Waals surface area (Å²) in [6, 6.07) is 12.4. The Labute approximate surface area is 211 Å². The zero-order chi connectivity index (χ0) is 24.9. The van der Waals surface area contributed by atoms with Crippen molar-refractivity contribution >= 4 is 46.0 Å². The van der Waals surface area contributed by atoms with Gasteiger partial charge in [0.05, 0.1) is 29.6 Å². The van der Waals surface area contributed by atoms with E-state index in [9.17, 15) is 9.59 Å². The molecule has 1 amide bonds. The third-order valence-corrected chi connectivity index (χ3v) is 6.53. The van der Waals surface area contributed by atoms with Crippen LogP contribution >= 0.6 is 23.2 Å². The number of ether oxygens (including phenoxy) is 1. The molecule has 3 heterocycles. The van der Waals surface area contributed by atoms with E-state index in [-0.39, 0.29) is 17.6 Å². The number of hydrogen-bond acceptors (Lipinski definition) is 5. The van der Waals surface area contributed by atoms with Gasteiger partial charge < -0.3 is 15.0 Å². The van der Waals surface area contributed by atoms with Crippen LogP contribution in [-0.2, 0) is 7.05 Å². The molecule has 2 aromatic heterocycles. The van der Waals surface area contributed by atoms with Crippen LogP contribution in [-0.4, -0.2) is 40.7 Å². The van der Waals surface area contributed by atoms with Crippen molar-refractivity contribution in [3.8, 4) is 11.4 Å². The van der Waals surface area contributed by atoms with Gasteiger partial charge in [-0.1, -0.05) is 41.4 Å². The second-order valence-corrected chi connectivity index (χ2v) is 9.47. The van der Waals surface area contributed by atoms with Gasteiger partial charge in [-0.05, 0) is 24.3 Å². The highest BCUT2D eigenvalue weighted by Gasteiger charge is 2.27. The zero-order valence-electron chi connectivity index (χ0n) is 19.4. The van der Waals surface area contributed by atoms with Crippen molar-refractivity contribution in [2.45, 2.75) is 12.5 Å². The molecule has 0 saturated heterocycles. The number of benzene rings is 2. The van der Waals surface area contributed by atoms with E-state index in [4.69, 9.17) is 27.9 Å². The van der Waals surface area contributed by atoms with E-state index in [1.165, 1.54) is 15.3 Å². The number of fused-ring (bicyclic) bond motifs is 2. The summed E-state index contributed by atoms with van der Waals surface area (Å²) in [5, 5.41) is 3.92. The van der Waals surface area contributed by atoms with E-state index in [1.807, 2.05) is 43.3 Å².